The molecule has 172 valence electrons. The number of nitrogens with zero attached hydrogens (tertiary/aromatic N) is 2. The van der Waals surface area contributed by atoms with Gasteiger partial charge in [0.1, 0.15) is 11.6 Å². The number of hydrogen-bond acceptors (Lipinski definition) is 4. The van der Waals surface area contributed by atoms with E-state index in [1.165, 1.54) is 17.7 Å². The van der Waals surface area contributed by atoms with Gasteiger partial charge in [-0.05, 0) is 74.1 Å². The molecule has 0 spiro atoms. The second kappa shape index (κ2) is 10.0. The first-order valence-electron chi connectivity index (χ1n) is 11.2. The largest absolute Gasteiger partial charge is 0.361 e. The van der Waals surface area contributed by atoms with Crippen LogP contribution in [0.15, 0.2) is 53.2 Å². The number of hydroxylamine groups is 1. The first kappa shape index (κ1) is 22.7. The van der Waals surface area contributed by atoms with Crippen LogP contribution < -0.4 is 5.48 Å². The van der Waals surface area contributed by atoms with Crippen molar-refractivity contribution in [3.8, 4) is 11.1 Å². The molecule has 2 aromatic heterocycles. The van der Waals surface area contributed by atoms with Crippen LogP contribution in [0.5, 0.6) is 0 Å². The van der Waals surface area contributed by atoms with Gasteiger partial charge >= 0.3 is 0 Å². The molecule has 4 aromatic rings. The maximum Gasteiger partial charge on any atom is 0.243 e. The van der Waals surface area contributed by atoms with Crippen LogP contribution in [-0.2, 0) is 17.8 Å². The lowest BCUT2D eigenvalue weighted by molar-refractivity contribution is -0.129. The fourth-order valence-corrected chi connectivity index (χ4v) is 4.37. The van der Waals surface area contributed by atoms with Crippen LogP contribution in [0.3, 0.4) is 0 Å². The average molecular weight is 450 g/mol. The van der Waals surface area contributed by atoms with Gasteiger partial charge in [0.25, 0.3) is 0 Å². The Morgan fingerprint density at radius 3 is 2.61 bits per heavy atom. The molecule has 0 radical (unpaired) electrons. The molecule has 0 atom stereocenters. The number of nitrogens with one attached hydrogen (secondary N) is 1. The summed E-state index contributed by atoms with van der Waals surface area (Å²) in [5.74, 6) is 0.199. The molecule has 0 unspecified atom stereocenters. The van der Waals surface area contributed by atoms with Crippen LogP contribution in [0, 0.1) is 19.7 Å². The van der Waals surface area contributed by atoms with Crippen molar-refractivity contribution >= 4 is 16.8 Å². The van der Waals surface area contributed by atoms with Crippen LogP contribution in [0.25, 0.3) is 22.0 Å². The molecule has 0 fully saturated rings. The fourth-order valence-electron chi connectivity index (χ4n) is 4.37. The highest BCUT2D eigenvalue weighted by Gasteiger charge is 2.15. The highest BCUT2D eigenvalue weighted by Crippen LogP contribution is 2.33. The van der Waals surface area contributed by atoms with E-state index in [0.29, 0.717) is 12.8 Å². The lowest BCUT2D eigenvalue weighted by atomic mass is 9.99. The van der Waals surface area contributed by atoms with Crippen molar-refractivity contribution in [2.24, 2.45) is 0 Å². The first-order valence-corrected chi connectivity index (χ1v) is 11.2. The van der Waals surface area contributed by atoms with Crippen LogP contribution in [0.4, 0.5) is 4.39 Å². The number of carbonyl (C=O) groups excluding carboxylic acids is 1. The zero-order valence-electron chi connectivity index (χ0n) is 18.9. The van der Waals surface area contributed by atoms with E-state index in [1.807, 2.05) is 26.0 Å². The molecule has 0 bridgehead atoms. The smallest absolute Gasteiger partial charge is 0.243 e. The van der Waals surface area contributed by atoms with Crippen molar-refractivity contribution < 1.29 is 18.9 Å². The third-order valence-electron chi connectivity index (χ3n) is 6.02. The fraction of sp³-hybridized carbons (Fsp3) is 0.308. The Hall–Kier alpha value is -3.45. The SMILES string of the molecule is Cc1noc(C)c1-c1ccc2c(c1)c(Cc1ccc(F)cc1)cn2CCCCCC(=O)NO. The molecular weight excluding hydrogens is 421 g/mol. The van der Waals surface area contributed by atoms with Crippen LogP contribution in [0.1, 0.15) is 48.3 Å². The molecule has 2 heterocycles. The van der Waals surface area contributed by atoms with Gasteiger partial charge in [-0.2, -0.15) is 0 Å². The highest BCUT2D eigenvalue weighted by molar-refractivity contribution is 5.89. The van der Waals surface area contributed by atoms with Gasteiger partial charge in [-0.3, -0.25) is 10.0 Å². The zero-order valence-corrected chi connectivity index (χ0v) is 18.9. The number of aromatic nitrogens is 2. The number of benzene rings is 2. The molecule has 7 heteroatoms. The summed E-state index contributed by atoms with van der Waals surface area (Å²) in [7, 11) is 0. The average Bonchev–Trinajstić information content (AvgIpc) is 3.33. The number of hydrogen-bond donors (Lipinski definition) is 2. The lowest BCUT2D eigenvalue weighted by Crippen LogP contribution is -2.17. The van der Waals surface area contributed by atoms with Crippen molar-refractivity contribution in [1.82, 2.24) is 15.2 Å². The second-order valence-electron chi connectivity index (χ2n) is 8.43. The van der Waals surface area contributed by atoms with Crippen molar-refractivity contribution in [2.75, 3.05) is 0 Å². The zero-order chi connectivity index (χ0) is 23.4. The quantitative estimate of drug-likeness (QED) is 0.195. The van der Waals surface area contributed by atoms with Crippen molar-refractivity contribution in [3.05, 3.63) is 77.1 Å². The minimum absolute atomic E-state index is 0.239. The summed E-state index contributed by atoms with van der Waals surface area (Å²) < 4.78 is 21.0. The molecule has 0 saturated heterocycles. The van der Waals surface area contributed by atoms with Crippen LogP contribution in [0.2, 0.25) is 0 Å². The summed E-state index contributed by atoms with van der Waals surface area (Å²) in [6.07, 6.45) is 5.72. The number of rotatable bonds is 9. The molecule has 2 aromatic carbocycles. The Bertz CT molecular complexity index is 1240. The summed E-state index contributed by atoms with van der Waals surface area (Å²) in [6.45, 7) is 4.68. The second-order valence-corrected chi connectivity index (χ2v) is 8.43. The molecule has 0 aliphatic carbocycles. The van der Waals surface area contributed by atoms with Crippen molar-refractivity contribution in [2.45, 2.75) is 52.5 Å². The molecule has 0 aliphatic rings. The standard InChI is InChI=1S/C26H28FN3O3/c1-17-26(18(2)33-29-17)20-9-12-24-23(15-20)21(14-19-7-10-22(27)11-8-19)16-30(24)13-5-3-4-6-25(31)28-32/h7-12,15-16,32H,3-6,13-14H2,1-2H3,(H,28,31). The summed E-state index contributed by atoms with van der Waals surface area (Å²) in [6, 6.07) is 13.0. The normalized spacial score (nSPS) is 11.3. The summed E-state index contributed by atoms with van der Waals surface area (Å²) >= 11 is 0. The molecule has 4 rings (SSSR count). The maximum atomic E-state index is 13.4. The number of aryl methyl sites for hydroxylation is 3. The summed E-state index contributed by atoms with van der Waals surface area (Å²) in [4.78, 5) is 11.2. The van der Waals surface area contributed by atoms with Crippen LogP contribution in [-0.4, -0.2) is 20.8 Å². The Morgan fingerprint density at radius 1 is 1.12 bits per heavy atom. The number of carbonyl (C=O) groups is 1. The summed E-state index contributed by atoms with van der Waals surface area (Å²) in [5, 5.41) is 13.9. The van der Waals surface area contributed by atoms with E-state index in [2.05, 4.69) is 34.1 Å². The molecular formula is C26H28FN3O3. The third-order valence-corrected chi connectivity index (χ3v) is 6.02. The van der Waals surface area contributed by atoms with Crippen LogP contribution >= 0.6 is 0 Å². The molecule has 6 nitrogen and oxygen atoms in total. The van der Waals surface area contributed by atoms with E-state index >= 15 is 0 Å². The Kier molecular flexibility index (Phi) is 6.89. The monoisotopic (exact) mass is 449 g/mol. The number of fused-ring (bicyclic) bond motifs is 1. The van der Waals surface area contributed by atoms with E-state index in [0.717, 1.165) is 64.9 Å². The van der Waals surface area contributed by atoms with Gasteiger partial charge in [0.15, 0.2) is 0 Å². The minimum Gasteiger partial charge on any atom is -0.361 e. The number of amides is 1. The van der Waals surface area contributed by atoms with Gasteiger partial charge < -0.3 is 9.09 Å². The van der Waals surface area contributed by atoms with Gasteiger partial charge in [0, 0.05) is 35.6 Å². The van der Waals surface area contributed by atoms with Crippen molar-refractivity contribution in [3.63, 3.8) is 0 Å². The molecule has 1 amide bonds. The van der Waals surface area contributed by atoms with Gasteiger partial charge in [-0.1, -0.05) is 29.8 Å². The molecule has 0 saturated carbocycles. The minimum atomic E-state index is -0.352. The van der Waals surface area contributed by atoms with Gasteiger partial charge in [-0.25, -0.2) is 9.87 Å². The Morgan fingerprint density at radius 2 is 1.91 bits per heavy atom. The van der Waals surface area contributed by atoms with Gasteiger partial charge in [0.2, 0.25) is 5.91 Å². The van der Waals surface area contributed by atoms with E-state index in [1.54, 1.807) is 5.48 Å². The van der Waals surface area contributed by atoms with E-state index in [-0.39, 0.29) is 11.7 Å². The predicted molar refractivity (Wildman–Crippen MR) is 125 cm³/mol. The Labute approximate surface area is 192 Å². The van der Waals surface area contributed by atoms with Gasteiger partial charge in [0.05, 0.1) is 5.69 Å². The highest BCUT2D eigenvalue weighted by atomic mass is 19.1. The first-order chi connectivity index (χ1) is 16.0. The number of halogens is 1. The maximum absolute atomic E-state index is 13.4. The third kappa shape index (κ3) is 5.14. The van der Waals surface area contributed by atoms with E-state index < -0.39 is 0 Å². The molecule has 0 aliphatic heterocycles. The lowest BCUT2D eigenvalue weighted by Gasteiger charge is -2.07. The van der Waals surface area contributed by atoms with Gasteiger partial charge in [-0.15, -0.1) is 0 Å². The predicted octanol–water partition coefficient (Wildman–Crippen LogP) is 5.71. The van der Waals surface area contributed by atoms with E-state index in [9.17, 15) is 9.18 Å². The number of unbranched alkanes of at least 4 members (excludes halogenated alkanes) is 2. The molecule has 33 heavy (non-hydrogen) atoms. The topological polar surface area (TPSA) is 80.3 Å². The van der Waals surface area contributed by atoms with Crippen molar-refractivity contribution in [1.29, 1.82) is 0 Å². The Balaban J connectivity index is 1.63. The summed E-state index contributed by atoms with van der Waals surface area (Å²) in [5.41, 5.74) is 7.96. The van der Waals surface area contributed by atoms with E-state index in [4.69, 9.17) is 9.73 Å². The molecule has 2 N–H and O–H groups in total.